The van der Waals surface area contributed by atoms with Crippen LogP contribution >= 0.6 is 11.6 Å². The molecule has 270 valence electrons. The first kappa shape index (κ1) is 33.5. The van der Waals surface area contributed by atoms with Crippen molar-refractivity contribution in [2.45, 2.75) is 43.9 Å². The Bertz CT molecular complexity index is 2400. The number of piperidine rings is 1. The molecule has 9 rings (SSSR count). The Morgan fingerprint density at radius 3 is 2.72 bits per heavy atom. The highest BCUT2D eigenvalue weighted by Gasteiger charge is 2.67. The average molecular weight is 734 g/mol. The van der Waals surface area contributed by atoms with Crippen molar-refractivity contribution in [3.8, 4) is 11.3 Å². The number of hydrogen-bond acceptors (Lipinski definition) is 8. The van der Waals surface area contributed by atoms with E-state index < -0.39 is 11.5 Å². The molecule has 6 aromatic rings. The molecule has 3 fully saturated rings. The van der Waals surface area contributed by atoms with Gasteiger partial charge in [0.05, 0.1) is 11.2 Å². The minimum absolute atomic E-state index is 0.0572. The van der Waals surface area contributed by atoms with E-state index in [0.29, 0.717) is 69.3 Å². The number of hydrogen-bond donors (Lipinski definition) is 2. The highest BCUT2D eigenvalue weighted by molar-refractivity contribution is 6.38. The summed E-state index contributed by atoms with van der Waals surface area (Å²) in [5.74, 6) is 0.619. The number of nitrogens with one attached hydrogen (secondary N) is 2. The van der Waals surface area contributed by atoms with Crippen LogP contribution in [-0.2, 0) is 21.5 Å². The van der Waals surface area contributed by atoms with Crippen LogP contribution in [0.25, 0.3) is 33.2 Å². The lowest BCUT2D eigenvalue weighted by Crippen LogP contribution is -2.36. The van der Waals surface area contributed by atoms with E-state index in [1.54, 1.807) is 36.7 Å². The summed E-state index contributed by atoms with van der Waals surface area (Å²) in [5.41, 5.74) is 3.04. The van der Waals surface area contributed by atoms with Crippen molar-refractivity contribution in [3.05, 3.63) is 118 Å². The molecule has 4 atom stereocenters. The smallest absolute Gasteiger partial charge is 0.407 e. The Morgan fingerprint density at radius 2 is 1.89 bits per heavy atom. The third-order valence-electron chi connectivity index (χ3n) is 11.2. The van der Waals surface area contributed by atoms with Gasteiger partial charge in [-0.15, -0.1) is 0 Å². The van der Waals surface area contributed by atoms with Gasteiger partial charge in [0.15, 0.2) is 11.9 Å². The van der Waals surface area contributed by atoms with Crippen molar-refractivity contribution >= 4 is 45.4 Å². The van der Waals surface area contributed by atoms with Crippen molar-refractivity contribution in [1.29, 1.82) is 0 Å². The first-order valence-electron chi connectivity index (χ1n) is 18.0. The second-order valence-electron chi connectivity index (χ2n) is 14.1. The number of aromatic nitrogens is 5. The van der Waals surface area contributed by atoms with Gasteiger partial charge in [-0.05, 0) is 66.8 Å². The van der Waals surface area contributed by atoms with Gasteiger partial charge in [-0.1, -0.05) is 66.2 Å². The zero-order chi connectivity index (χ0) is 36.1. The lowest BCUT2D eigenvalue weighted by molar-refractivity contribution is -0.0368. The van der Waals surface area contributed by atoms with E-state index >= 15 is 4.39 Å². The topological polar surface area (TPSA) is 127 Å². The molecule has 3 aliphatic rings. The maximum atomic E-state index is 15.5. The second-order valence-corrected chi connectivity index (χ2v) is 14.5. The number of carbonyl (C=O) groups is 1. The van der Waals surface area contributed by atoms with E-state index in [0.717, 1.165) is 31.2 Å². The van der Waals surface area contributed by atoms with Crippen LogP contribution in [-0.4, -0.2) is 57.1 Å². The van der Waals surface area contributed by atoms with Crippen LogP contribution in [0.2, 0.25) is 5.02 Å². The molecule has 5 heterocycles. The number of alkyl carbamates (subject to hydrolysis) is 1. The normalized spacial score (nSPS) is 22.5. The summed E-state index contributed by atoms with van der Waals surface area (Å²) in [6.07, 6.45) is 6.02. The SMILES string of the molecule is O=C(NC[C@]1(c2ccccc2F)[C@@H]2CCN(c3cnc4c(-c5ccc6c(=O)[nH]ccc6c5Cl)nn(C5CCCCO5)c4n3)C[C@@H]21)OCc1ccccc1. The maximum absolute atomic E-state index is 15.5. The number of ether oxygens (including phenoxy) is 2. The standard InChI is InChI=1S/C40H37ClFN7O4/c41-34-25-15-17-43-38(50)26(25)13-14-27(34)35-36-37(49(47-35)33-12-6-7-19-52-33)46-32(20-44-36)48-18-16-28-30(21-48)40(28,29-10-4-5-11-31(29)42)23-45-39(51)53-22-24-8-2-1-3-9-24/h1-5,8-11,13-15,17,20,28,30,33H,6-7,12,16,18-19,21-23H2,(H,43,50)(H,45,51)/t28-,30+,33?,40-/m1/s1. The first-order valence-corrected chi connectivity index (χ1v) is 18.4. The van der Waals surface area contributed by atoms with Gasteiger partial charge in [0.1, 0.15) is 29.5 Å². The maximum Gasteiger partial charge on any atom is 0.407 e. The summed E-state index contributed by atoms with van der Waals surface area (Å²) in [7, 11) is 0. The molecule has 2 aliphatic heterocycles. The van der Waals surface area contributed by atoms with E-state index in [2.05, 4.69) is 15.2 Å². The fourth-order valence-corrected chi connectivity index (χ4v) is 8.86. The molecule has 13 heteroatoms. The monoisotopic (exact) mass is 733 g/mol. The average Bonchev–Trinajstić information content (AvgIpc) is 3.68. The molecule has 1 aliphatic carbocycles. The van der Waals surface area contributed by atoms with Gasteiger partial charge in [0.2, 0.25) is 0 Å². The largest absolute Gasteiger partial charge is 0.445 e. The molecule has 2 saturated heterocycles. The van der Waals surface area contributed by atoms with Gasteiger partial charge in [-0.2, -0.15) is 5.10 Å². The van der Waals surface area contributed by atoms with Gasteiger partial charge in [0, 0.05) is 54.2 Å². The van der Waals surface area contributed by atoms with Crippen LogP contribution in [0.5, 0.6) is 0 Å². The molecule has 3 aromatic carbocycles. The van der Waals surface area contributed by atoms with Crippen molar-refractivity contribution in [2.24, 2.45) is 11.8 Å². The fraction of sp³-hybridized carbons (Fsp3) is 0.325. The molecule has 1 amide bonds. The number of carbonyl (C=O) groups excluding carboxylic acids is 1. The molecular weight excluding hydrogens is 697 g/mol. The Labute approximate surface area is 309 Å². The predicted molar refractivity (Wildman–Crippen MR) is 199 cm³/mol. The highest BCUT2D eigenvalue weighted by Crippen LogP contribution is 2.63. The van der Waals surface area contributed by atoms with Crippen LogP contribution in [0.4, 0.5) is 15.0 Å². The van der Waals surface area contributed by atoms with Crippen LogP contribution in [0.1, 0.15) is 43.0 Å². The minimum atomic E-state index is -0.594. The predicted octanol–water partition coefficient (Wildman–Crippen LogP) is 7.15. The number of aromatic amines is 1. The quantitative estimate of drug-likeness (QED) is 0.169. The number of H-pyrrole nitrogens is 1. The van der Waals surface area contributed by atoms with E-state index in [4.69, 9.17) is 36.1 Å². The number of amides is 1. The number of halogens is 2. The zero-order valence-corrected chi connectivity index (χ0v) is 29.6. The molecule has 53 heavy (non-hydrogen) atoms. The number of rotatable bonds is 8. The summed E-state index contributed by atoms with van der Waals surface area (Å²) < 4.78 is 29.0. The Morgan fingerprint density at radius 1 is 1.04 bits per heavy atom. The molecular formula is C40H37ClFN7O4. The number of anilines is 1. The van der Waals surface area contributed by atoms with Crippen LogP contribution in [0.3, 0.4) is 0 Å². The molecule has 3 aromatic heterocycles. The van der Waals surface area contributed by atoms with E-state index in [1.807, 2.05) is 47.1 Å². The fourth-order valence-electron chi connectivity index (χ4n) is 8.54. The summed E-state index contributed by atoms with van der Waals surface area (Å²) in [5, 5.41) is 9.51. The van der Waals surface area contributed by atoms with E-state index in [-0.39, 0.29) is 42.6 Å². The summed E-state index contributed by atoms with van der Waals surface area (Å²) >= 11 is 6.95. The van der Waals surface area contributed by atoms with Gasteiger partial charge >= 0.3 is 6.09 Å². The Hall–Kier alpha value is -5.33. The molecule has 2 N–H and O–H groups in total. The Balaban J connectivity index is 1.02. The molecule has 1 unspecified atom stereocenters. The van der Waals surface area contributed by atoms with Crippen molar-refractivity contribution < 1.29 is 18.7 Å². The summed E-state index contributed by atoms with van der Waals surface area (Å²) in [6, 6.07) is 21.7. The van der Waals surface area contributed by atoms with Crippen molar-refractivity contribution in [1.82, 2.24) is 30.0 Å². The molecule has 0 spiro atoms. The first-order chi connectivity index (χ1) is 25.9. The second kappa shape index (κ2) is 13.6. The van der Waals surface area contributed by atoms with Gasteiger partial charge in [-0.25, -0.2) is 23.8 Å². The van der Waals surface area contributed by atoms with Crippen LogP contribution in [0, 0.1) is 17.7 Å². The number of benzene rings is 3. The van der Waals surface area contributed by atoms with Crippen molar-refractivity contribution in [2.75, 3.05) is 31.1 Å². The lowest BCUT2D eigenvalue weighted by Gasteiger charge is -2.27. The molecule has 1 saturated carbocycles. The molecule has 0 radical (unpaired) electrons. The molecule has 0 bridgehead atoms. The Kier molecular flexibility index (Phi) is 8.58. The van der Waals surface area contributed by atoms with Gasteiger partial charge in [0.25, 0.3) is 5.56 Å². The van der Waals surface area contributed by atoms with E-state index in [9.17, 15) is 9.59 Å². The van der Waals surface area contributed by atoms with Crippen LogP contribution in [0.15, 0.2) is 90.0 Å². The summed E-state index contributed by atoms with van der Waals surface area (Å²) in [4.78, 5) is 40.4. The summed E-state index contributed by atoms with van der Waals surface area (Å²) in [6.45, 7) is 2.31. The minimum Gasteiger partial charge on any atom is -0.445 e. The third kappa shape index (κ3) is 5.90. The highest BCUT2D eigenvalue weighted by atomic mass is 35.5. The van der Waals surface area contributed by atoms with E-state index in [1.165, 1.54) is 6.07 Å². The number of nitrogens with zero attached hydrogens (tertiary/aromatic N) is 5. The van der Waals surface area contributed by atoms with Gasteiger partial charge in [-0.3, -0.25) is 4.79 Å². The lowest BCUT2D eigenvalue weighted by atomic mass is 9.90. The molecule has 11 nitrogen and oxygen atoms in total. The number of fused-ring (bicyclic) bond motifs is 3. The zero-order valence-electron chi connectivity index (χ0n) is 28.8. The van der Waals surface area contributed by atoms with Crippen molar-refractivity contribution in [3.63, 3.8) is 0 Å². The van der Waals surface area contributed by atoms with Crippen LogP contribution < -0.4 is 15.8 Å². The number of pyridine rings is 1. The third-order valence-corrected chi connectivity index (χ3v) is 11.6. The van der Waals surface area contributed by atoms with Gasteiger partial charge < -0.3 is 24.7 Å².